The molecule has 0 bridgehead atoms. The van der Waals surface area contributed by atoms with Crippen molar-refractivity contribution in [3.63, 3.8) is 0 Å². The van der Waals surface area contributed by atoms with Gasteiger partial charge in [0, 0.05) is 25.1 Å². The molecule has 0 amide bonds. The van der Waals surface area contributed by atoms with E-state index in [0.717, 1.165) is 25.4 Å². The van der Waals surface area contributed by atoms with Gasteiger partial charge in [-0.05, 0) is 19.3 Å². The maximum absolute atomic E-state index is 5.50. The molecule has 1 aliphatic rings. The van der Waals surface area contributed by atoms with Gasteiger partial charge < -0.3 is 10.1 Å². The summed E-state index contributed by atoms with van der Waals surface area (Å²) < 4.78 is 5.50. The quantitative estimate of drug-likeness (QED) is 0.824. The Hall–Kier alpha value is -0.450. The molecule has 1 aromatic rings. The zero-order valence-corrected chi connectivity index (χ0v) is 9.22. The van der Waals surface area contributed by atoms with Crippen LogP contribution in [0.15, 0.2) is 10.9 Å². The SMILES string of the molecule is CC1OCCC1CNCc1cscn1. The highest BCUT2D eigenvalue weighted by atomic mass is 32.1. The summed E-state index contributed by atoms with van der Waals surface area (Å²) in [6.07, 6.45) is 1.60. The Bertz CT molecular complexity index is 263. The second-order valence-electron chi connectivity index (χ2n) is 3.74. The Labute approximate surface area is 88.5 Å². The van der Waals surface area contributed by atoms with Crippen LogP contribution in [0.3, 0.4) is 0 Å². The largest absolute Gasteiger partial charge is 0.378 e. The monoisotopic (exact) mass is 212 g/mol. The summed E-state index contributed by atoms with van der Waals surface area (Å²) in [6, 6.07) is 0. The number of hydrogen-bond donors (Lipinski definition) is 1. The smallest absolute Gasteiger partial charge is 0.0795 e. The van der Waals surface area contributed by atoms with Gasteiger partial charge in [-0.15, -0.1) is 11.3 Å². The van der Waals surface area contributed by atoms with Crippen LogP contribution in [0, 0.1) is 5.92 Å². The van der Waals surface area contributed by atoms with Gasteiger partial charge in [-0.2, -0.15) is 0 Å². The van der Waals surface area contributed by atoms with Crippen LogP contribution >= 0.6 is 11.3 Å². The predicted molar refractivity (Wildman–Crippen MR) is 57.3 cm³/mol. The summed E-state index contributed by atoms with van der Waals surface area (Å²) in [5.41, 5.74) is 3.01. The first-order valence-corrected chi connectivity index (χ1v) is 6.00. The first-order chi connectivity index (χ1) is 6.86. The molecular formula is C10H16N2OS. The topological polar surface area (TPSA) is 34.1 Å². The van der Waals surface area contributed by atoms with E-state index in [9.17, 15) is 0 Å². The highest BCUT2D eigenvalue weighted by Gasteiger charge is 2.23. The van der Waals surface area contributed by atoms with E-state index in [0.29, 0.717) is 12.0 Å². The fraction of sp³-hybridized carbons (Fsp3) is 0.700. The summed E-state index contributed by atoms with van der Waals surface area (Å²) in [5.74, 6) is 0.675. The zero-order valence-electron chi connectivity index (χ0n) is 8.40. The second-order valence-corrected chi connectivity index (χ2v) is 4.45. The van der Waals surface area contributed by atoms with Crippen LogP contribution in [0.2, 0.25) is 0 Å². The summed E-state index contributed by atoms with van der Waals surface area (Å²) >= 11 is 1.65. The van der Waals surface area contributed by atoms with Crippen molar-refractivity contribution in [3.05, 3.63) is 16.6 Å². The Morgan fingerprint density at radius 2 is 2.64 bits per heavy atom. The van der Waals surface area contributed by atoms with Crippen molar-refractivity contribution < 1.29 is 4.74 Å². The van der Waals surface area contributed by atoms with Gasteiger partial charge >= 0.3 is 0 Å². The lowest BCUT2D eigenvalue weighted by Crippen LogP contribution is -2.26. The van der Waals surface area contributed by atoms with Crippen molar-refractivity contribution in [2.45, 2.75) is 26.0 Å². The van der Waals surface area contributed by atoms with Gasteiger partial charge in [-0.1, -0.05) is 0 Å². The minimum Gasteiger partial charge on any atom is -0.378 e. The van der Waals surface area contributed by atoms with E-state index in [1.807, 2.05) is 5.51 Å². The summed E-state index contributed by atoms with van der Waals surface area (Å²) in [7, 11) is 0. The molecular weight excluding hydrogens is 196 g/mol. The number of ether oxygens (including phenoxy) is 1. The molecule has 2 heterocycles. The highest BCUT2D eigenvalue weighted by Crippen LogP contribution is 2.19. The Balaban J connectivity index is 1.68. The fourth-order valence-electron chi connectivity index (χ4n) is 1.75. The van der Waals surface area contributed by atoms with Crippen LogP contribution in [0.5, 0.6) is 0 Å². The van der Waals surface area contributed by atoms with Crippen molar-refractivity contribution in [2.75, 3.05) is 13.2 Å². The van der Waals surface area contributed by atoms with Gasteiger partial charge in [0.25, 0.3) is 0 Å². The molecule has 0 spiro atoms. The van der Waals surface area contributed by atoms with Gasteiger partial charge in [-0.25, -0.2) is 4.98 Å². The van der Waals surface area contributed by atoms with Gasteiger partial charge in [0.2, 0.25) is 0 Å². The third-order valence-electron chi connectivity index (χ3n) is 2.73. The van der Waals surface area contributed by atoms with E-state index in [-0.39, 0.29) is 0 Å². The Kier molecular flexibility index (Phi) is 3.50. The van der Waals surface area contributed by atoms with E-state index in [4.69, 9.17) is 4.74 Å². The van der Waals surface area contributed by atoms with Crippen LogP contribution in [-0.4, -0.2) is 24.2 Å². The van der Waals surface area contributed by atoms with E-state index in [1.165, 1.54) is 6.42 Å². The minimum absolute atomic E-state index is 0.415. The normalized spacial score (nSPS) is 26.9. The number of thiazole rings is 1. The van der Waals surface area contributed by atoms with E-state index in [2.05, 4.69) is 22.6 Å². The molecule has 14 heavy (non-hydrogen) atoms. The third-order valence-corrected chi connectivity index (χ3v) is 3.36. The molecule has 1 saturated heterocycles. The number of hydrogen-bond acceptors (Lipinski definition) is 4. The minimum atomic E-state index is 0.415. The van der Waals surface area contributed by atoms with Crippen LogP contribution in [0.4, 0.5) is 0 Å². The average molecular weight is 212 g/mol. The Morgan fingerprint density at radius 3 is 3.29 bits per heavy atom. The molecule has 4 heteroatoms. The van der Waals surface area contributed by atoms with Crippen LogP contribution in [0.1, 0.15) is 19.0 Å². The molecule has 2 unspecified atom stereocenters. The van der Waals surface area contributed by atoms with E-state index >= 15 is 0 Å². The molecule has 2 atom stereocenters. The first kappa shape index (κ1) is 10.1. The molecule has 2 rings (SSSR count). The standard InChI is InChI=1S/C10H16N2OS/c1-8-9(2-3-13-8)4-11-5-10-6-14-7-12-10/h6-9,11H,2-5H2,1H3. The van der Waals surface area contributed by atoms with Crippen LogP contribution < -0.4 is 5.32 Å². The van der Waals surface area contributed by atoms with Crippen molar-refractivity contribution in [2.24, 2.45) is 5.92 Å². The van der Waals surface area contributed by atoms with Crippen molar-refractivity contribution in [1.29, 1.82) is 0 Å². The maximum atomic E-state index is 5.50. The maximum Gasteiger partial charge on any atom is 0.0795 e. The average Bonchev–Trinajstić information content (AvgIpc) is 2.78. The van der Waals surface area contributed by atoms with Crippen LogP contribution in [0.25, 0.3) is 0 Å². The third kappa shape index (κ3) is 2.53. The molecule has 78 valence electrons. The van der Waals surface area contributed by atoms with Crippen molar-refractivity contribution in [1.82, 2.24) is 10.3 Å². The molecule has 1 fully saturated rings. The lowest BCUT2D eigenvalue weighted by molar-refractivity contribution is 0.105. The van der Waals surface area contributed by atoms with Gasteiger partial charge in [0.05, 0.1) is 17.3 Å². The molecule has 0 radical (unpaired) electrons. The molecule has 0 saturated carbocycles. The number of nitrogens with one attached hydrogen (secondary N) is 1. The fourth-order valence-corrected chi connectivity index (χ4v) is 2.31. The lowest BCUT2D eigenvalue weighted by Gasteiger charge is -2.13. The first-order valence-electron chi connectivity index (χ1n) is 5.05. The molecule has 1 aromatic heterocycles. The number of rotatable bonds is 4. The van der Waals surface area contributed by atoms with Crippen molar-refractivity contribution in [3.8, 4) is 0 Å². The molecule has 0 aromatic carbocycles. The second kappa shape index (κ2) is 4.87. The molecule has 3 nitrogen and oxygen atoms in total. The van der Waals surface area contributed by atoms with Gasteiger partial charge in [0.1, 0.15) is 0 Å². The highest BCUT2D eigenvalue weighted by molar-refractivity contribution is 7.07. The summed E-state index contributed by atoms with van der Waals surface area (Å²) in [4.78, 5) is 4.22. The van der Waals surface area contributed by atoms with E-state index < -0.39 is 0 Å². The predicted octanol–water partition coefficient (Wildman–Crippen LogP) is 1.66. The van der Waals surface area contributed by atoms with Crippen molar-refractivity contribution >= 4 is 11.3 Å². The van der Waals surface area contributed by atoms with Crippen LogP contribution in [-0.2, 0) is 11.3 Å². The zero-order chi connectivity index (χ0) is 9.80. The molecule has 0 aliphatic carbocycles. The molecule has 1 N–H and O–H groups in total. The summed E-state index contributed by atoms with van der Waals surface area (Å²) in [6.45, 7) is 5.00. The van der Waals surface area contributed by atoms with Gasteiger partial charge in [-0.3, -0.25) is 0 Å². The molecule has 1 aliphatic heterocycles. The number of aromatic nitrogens is 1. The van der Waals surface area contributed by atoms with Gasteiger partial charge in [0.15, 0.2) is 0 Å². The van der Waals surface area contributed by atoms with E-state index in [1.54, 1.807) is 11.3 Å². The Morgan fingerprint density at radius 1 is 1.71 bits per heavy atom. The lowest BCUT2D eigenvalue weighted by atomic mass is 10.0. The summed E-state index contributed by atoms with van der Waals surface area (Å²) in [5, 5.41) is 5.51. The number of nitrogens with zero attached hydrogens (tertiary/aromatic N) is 1.